The molecule has 15 heavy (non-hydrogen) atoms. The Labute approximate surface area is 101 Å². The van der Waals surface area contributed by atoms with E-state index in [-0.39, 0.29) is 23.5 Å². The third-order valence-corrected chi connectivity index (χ3v) is 2.31. The number of halogens is 1. The van der Waals surface area contributed by atoms with Crippen LogP contribution in [0.25, 0.3) is 0 Å². The number of rotatable bonds is 2. The highest BCUT2D eigenvalue weighted by molar-refractivity contribution is 14.1. The van der Waals surface area contributed by atoms with E-state index in [1.165, 1.54) is 12.1 Å². The Bertz CT molecular complexity index is 437. The standard InChI is InChI=1S/C10H8INO3/c1-2-15-10(14)7-3-6(11)4-9(13)8(7)5-12/h3-4,13H,2H2,1H3. The molecule has 0 radical (unpaired) electrons. The van der Waals surface area contributed by atoms with Crippen LogP contribution in [0.1, 0.15) is 22.8 Å². The van der Waals surface area contributed by atoms with Crippen LogP contribution in [0.4, 0.5) is 0 Å². The fourth-order valence-electron chi connectivity index (χ4n) is 1.08. The van der Waals surface area contributed by atoms with E-state index in [0.29, 0.717) is 3.57 Å². The molecule has 0 aliphatic carbocycles. The normalized spacial score (nSPS) is 9.40. The summed E-state index contributed by atoms with van der Waals surface area (Å²) in [7, 11) is 0. The highest BCUT2D eigenvalue weighted by atomic mass is 127. The molecule has 0 fully saturated rings. The molecule has 78 valence electrons. The molecule has 0 spiro atoms. The number of hydrogen-bond acceptors (Lipinski definition) is 4. The van der Waals surface area contributed by atoms with Crippen molar-refractivity contribution >= 4 is 28.6 Å². The van der Waals surface area contributed by atoms with Crippen molar-refractivity contribution in [3.05, 3.63) is 26.8 Å². The predicted molar refractivity (Wildman–Crippen MR) is 61.5 cm³/mol. The summed E-state index contributed by atoms with van der Waals surface area (Å²) in [6.07, 6.45) is 0. The van der Waals surface area contributed by atoms with Crippen LogP contribution in [0.5, 0.6) is 5.75 Å². The van der Waals surface area contributed by atoms with Crippen molar-refractivity contribution in [2.24, 2.45) is 0 Å². The molecule has 0 aromatic heterocycles. The number of carbonyl (C=O) groups is 1. The lowest BCUT2D eigenvalue weighted by molar-refractivity contribution is 0.0525. The molecule has 0 unspecified atom stereocenters. The van der Waals surface area contributed by atoms with E-state index in [4.69, 9.17) is 10.00 Å². The number of nitriles is 1. The van der Waals surface area contributed by atoms with Crippen molar-refractivity contribution in [2.45, 2.75) is 6.92 Å². The first kappa shape index (κ1) is 11.8. The van der Waals surface area contributed by atoms with Crippen molar-refractivity contribution in [1.29, 1.82) is 5.26 Å². The number of ether oxygens (including phenoxy) is 1. The van der Waals surface area contributed by atoms with Gasteiger partial charge in [-0.3, -0.25) is 0 Å². The van der Waals surface area contributed by atoms with Crippen LogP contribution >= 0.6 is 22.6 Å². The molecule has 1 rings (SSSR count). The number of carbonyl (C=O) groups excluding carboxylic acids is 1. The molecular weight excluding hydrogens is 309 g/mol. The second kappa shape index (κ2) is 4.98. The Kier molecular flexibility index (Phi) is 3.91. The molecule has 1 aromatic carbocycles. The van der Waals surface area contributed by atoms with Crippen molar-refractivity contribution in [3.63, 3.8) is 0 Å². The van der Waals surface area contributed by atoms with Crippen LogP contribution in [0, 0.1) is 14.9 Å². The average Bonchev–Trinajstić information content (AvgIpc) is 2.17. The fourth-order valence-corrected chi connectivity index (χ4v) is 1.69. The van der Waals surface area contributed by atoms with Gasteiger partial charge in [-0.25, -0.2) is 4.79 Å². The molecule has 0 saturated carbocycles. The van der Waals surface area contributed by atoms with Gasteiger partial charge in [0.2, 0.25) is 0 Å². The summed E-state index contributed by atoms with van der Waals surface area (Å²) in [5.41, 5.74) is 0.0533. The maximum atomic E-state index is 11.4. The largest absolute Gasteiger partial charge is 0.507 e. The number of phenolic OH excluding ortho intramolecular Hbond substituents is 1. The molecule has 5 heteroatoms. The van der Waals surface area contributed by atoms with Crippen molar-refractivity contribution in [1.82, 2.24) is 0 Å². The predicted octanol–water partition coefficient (Wildman–Crippen LogP) is 2.05. The van der Waals surface area contributed by atoms with Gasteiger partial charge in [0.05, 0.1) is 12.2 Å². The molecular formula is C10H8INO3. The van der Waals surface area contributed by atoms with Crippen molar-refractivity contribution < 1.29 is 14.6 Å². The third-order valence-electron chi connectivity index (χ3n) is 1.69. The fraction of sp³-hybridized carbons (Fsp3) is 0.200. The van der Waals surface area contributed by atoms with Gasteiger partial charge in [0.1, 0.15) is 17.4 Å². The summed E-state index contributed by atoms with van der Waals surface area (Å²) in [5.74, 6) is -0.796. The number of hydrogen-bond donors (Lipinski definition) is 1. The second-order valence-corrected chi connectivity index (χ2v) is 3.93. The van der Waals surface area contributed by atoms with Gasteiger partial charge in [-0.2, -0.15) is 5.26 Å². The summed E-state index contributed by atoms with van der Waals surface area (Å²) < 4.78 is 5.45. The van der Waals surface area contributed by atoms with E-state index in [0.717, 1.165) is 0 Å². The molecule has 0 heterocycles. The molecule has 0 aliphatic heterocycles. The minimum atomic E-state index is -0.595. The van der Waals surface area contributed by atoms with Gasteiger partial charge in [0, 0.05) is 3.57 Å². The van der Waals surface area contributed by atoms with Crippen LogP contribution in [-0.2, 0) is 4.74 Å². The average molecular weight is 317 g/mol. The van der Waals surface area contributed by atoms with E-state index in [9.17, 15) is 9.90 Å². The van der Waals surface area contributed by atoms with E-state index in [1.807, 2.05) is 22.6 Å². The number of esters is 1. The summed E-state index contributed by atoms with van der Waals surface area (Å²) >= 11 is 1.95. The summed E-state index contributed by atoms with van der Waals surface area (Å²) in [6.45, 7) is 1.91. The molecule has 0 aliphatic rings. The minimum absolute atomic E-state index is 0.0473. The monoisotopic (exact) mass is 317 g/mol. The zero-order valence-electron chi connectivity index (χ0n) is 7.95. The number of phenols is 1. The molecule has 0 saturated heterocycles. The lowest BCUT2D eigenvalue weighted by atomic mass is 10.1. The molecule has 1 aromatic rings. The van der Waals surface area contributed by atoms with Crippen LogP contribution in [0.15, 0.2) is 12.1 Å². The third kappa shape index (κ3) is 2.59. The Morgan fingerprint density at radius 1 is 1.67 bits per heavy atom. The molecule has 0 bridgehead atoms. The van der Waals surface area contributed by atoms with Gasteiger partial charge in [-0.15, -0.1) is 0 Å². The number of aromatic hydroxyl groups is 1. The first-order chi connectivity index (χ1) is 7.10. The smallest absolute Gasteiger partial charge is 0.339 e. The van der Waals surface area contributed by atoms with Gasteiger partial charge in [-0.1, -0.05) is 0 Å². The molecule has 0 amide bonds. The highest BCUT2D eigenvalue weighted by Crippen LogP contribution is 2.24. The van der Waals surface area contributed by atoms with E-state index < -0.39 is 5.97 Å². The topological polar surface area (TPSA) is 70.3 Å². The Balaban J connectivity index is 3.28. The molecule has 1 N–H and O–H groups in total. The van der Waals surface area contributed by atoms with E-state index in [1.54, 1.807) is 13.0 Å². The zero-order chi connectivity index (χ0) is 11.4. The maximum absolute atomic E-state index is 11.4. The number of nitrogens with zero attached hydrogens (tertiary/aromatic N) is 1. The first-order valence-corrected chi connectivity index (χ1v) is 5.27. The lowest BCUT2D eigenvalue weighted by Crippen LogP contribution is -2.07. The quantitative estimate of drug-likeness (QED) is 0.669. The summed E-state index contributed by atoms with van der Waals surface area (Å²) in [4.78, 5) is 11.4. The van der Waals surface area contributed by atoms with Gasteiger partial charge in [-0.05, 0) is 41.6 Å². The van der Waals surface area contributed by atoms with Crippen LogP contribution < -0.4 is 0 Å². The van der Waals surface area contributed by atoms with E-state index in [2.05, 4.69) is 0 Å². The van der Waals surface area contributed by atoms with Gasteiger partial charge < -0.3 is 9.84 Å². The van der Waals surface area contributed by atoms with Crippen LogP contribution in [-0.4, -0.2) is 17.7 Å². The Morgan fingerprint density at radius 3 is 2.87 bits per heavy atom. The second-order valence-electron chi connectivity index (χ2n) is 2.68. The van der Waals surface area contributed by atoms with Crippen LogP contribution in [0.2, 0.25) is 0 Å². The molecule has 0 atom stereocenters. The maximum Gasteiger partial charge on any atom is 0.339 e. The van der Waals surface area contributed by atoms with E-state index >= 15 is 0 Å². The van der Waals surface area contributed by atoms with Gasteiger partial charge >= 0.3 is 5.97 Å². The van der Waals surface area contributed by atoms with Gasteiger partial charge in [0.25, 0.3) is 0 Å². The highest BCUT2D eigenvalue weighted by Gasteiger charge is 2.16. The first-order valence-electron chi connectivity index (χ1n) is 4.19. The Morgan fingerprint density at radius 2 is 2.33 bits per heavy atom. The summed E-state index contributed by atoms with van der Waals surface area (Å²) in [5, 5.41) is 18.2. The number of benzene rings is 1. The minimum Gasteiger partial charge on any atom is -0.507 e. The zero-order valence-corrected chi connectivity index (χ0v) is 10.1. The Hall–Kier alpha value is -1.29. The van der Waals surface area contributed by atoms with Crippen LogP contribution in [0.3, 0.4) is 0 Å². The van der Waals surface area contributed by atoms with Crippen molar-refractivity contribution in [3.8, 4) is 11.8 Å². The van der Waals surface area contributed by atoms with Gasteiger partial charge in [0.15, 0.2) is 0 Å². The summed E-state index contributed by atoms with van der Waals surface area (Å²) in [6, 6.07) is 4.71. The lowest BCUT2D eigenvalue weighted by Gasteiger charge is -2.05. The SMILES string of the molecule is CCOC(=O)c1cc(I)cc(O)c1C#N. The van der Waals surface area contributed by atoms with Crippen molar-refractivity contribution in [2.75, 3.05) is 6.61 Å². The molecule has 4 nitrogen and oxygen atoms in total.